The summed E-state index contributed by atoms with van der Waals surface area (Å²) in [5, 5.41) is 6.41. The molecule has 0 bridgehead atoms. The third-order valence-electron chi connectivity index (χ3n) is 4.68. The summed E-state index contributed by atoms with van der Waals surface area (Å²) in [6.45, 7) is 4.01. The molecule has 1 aliphatic heterocycles. The molecule has 1 unspecified atom stereocenters. The van der Waals surface area contributed by atoms with Crippen LogP contribution in [0.1, 0.15) is 44.9 Å². The molecule has 1 atom stereocenters. The largest absolute Gasteiger partial charge is 0.355 e. The summed E-state index contributed by atoms with van der Waals surface area (Å²) in [5.41, 5.74) is 0. The Morgan fingerprint density at radius 2 is 2.11 bits per heavy atom. The van der Waals surface area contributed by atoms with Gasteiger partial charge in [0.25, 0.3) is 0 Å². The van der Waals surface area contributed by atoms with Crippen molar-refractivity contribution in [3.63, 3.8) is 0 Å². The number of carbonyl (C=O) groups excluding carboxylic acids is 1. The van der Waals surface area contributed by atoms with Crippen molar-refractivity contribution in [2.75, 3.05) is 33.2 Å². The summed E-state index contributed by atoms with van der Waals surface area (Å²) in [6, 6.07) is 0.751. The standard InChI is InChI=1S/C15H29N3O/c1-18(14-4-2-3-5-14)11-10-17-15(19)7-6-13-8-9-16-12-13/h13-14,16H,2-12H2,1H3,(H,17,19). The molecule has 0 aromatic heterocycles. The molecule has 4 nitrogen and oxygen atoms in total. The van der Waals surface area contributed by atoms with E-state index >= 15 is 0 Å². The molecular formula is C15H29N3O. The fourth-order valence-electron chi connectivity index (χ4n) is 3.28. The molecule has 0 aromatic carbocycles. The van der Waals surface area contributed by atoms with Gasteiger partial charge in [-0.3, -0.25) is 4.79 Å². The molecular weight excluding hydrogens is 238 g/mol. The molecule has 19 heavy (non-hydrogen) atoms. The van der Waals surface area contributed by atoms with Gasteiger partial charge in [0.1, 0.15) is 0 Å². The zero-order chi connectivity index (χ0) is 13.5. The molecule has 4 heteroatoms. The van der Waals surface area contributed by atoms with Crippen LogP contribution in [0.3, 0.4) is 0 Å². The van der Waals surface area contributed by atoms with Crippen molar-refractivity contribution in [1.29, 1.82) is 0 Å². The molecule has 2 rings (SSSR count). The second-order valence-electron chi connectivity index (χ2n) is 6.17. The quantitative estimate of drug-likeness (QED) is 0.732. The smallest absolute Gasteiger partial charge is 0.220 e. The maximum absolute atomic E-state index is 11.8. The van der Waals surface area contributed by atoms with Gasteiger partial charge in [-0.2, -0.15) is 0 Å². The average Bonchev–Trinajstić information content (AvgIpc) is 3.09. The zero-order valence-corrected chi connectivity index (χ0v) is 12.3. The highest BCUT2D eigenvalue weighted by molar-refractivity contribution is 5.75. The fourth-order valence-corrected chi connectivity index (χ4v) is 3.28. The third kappa shape index (κ3) is 5.11. The number of rotatable bonds is 7. The van der Waals surface area contributed by atoms with E-state index in [0.29, 0.717) is 12.3 Å². The van der Waals surface area contributed by atoms with Gasteiger partial charge in [0, 0.05) is 25.6 Å². The van der Waals surface area contributed by atoms with Crippen molar-refractivity contribution >= 4 is 5.91 Å². The van der Waals surface area contributed by atoms with Crippen LogP contribution >= 0.6 is 0 Å². The van der Waals surface area contributed by atoms with Crippen molar-refractivity contribution in [1.82, 2.24) is 15.5 Å². The number of nitrogens with one attached hydrogen (secondary N) is 2. The van der Waals surface area contributed by atoms with Gasteiger partial charge in [-0.05, 0) is 51.7 Å². The lowest BCUT2D eigenvalue weighted by atomic mass is 10.0. The number of likely N-dealkylation sites (N-methyl/N-ethyl adjacent to an activating group) is 1. The summed E-state index contributed by atoms with van der Waals surface area (Å²) in [6.07, 6.45) is 8.38. The van der Waals surface area contributed by atoms with Gasteiger partial charge in [-0.1, -0.05) is 12.8 Å². The molecule has 0 radical (unpaired) electrons. The lowest BCUT2D eigenvalue weighted by Gasteiger charge is -2.23. The topological polar surface area (TPSA) is 44.4 Å². The molecule has 2 fully saturated rings. The van der Waals surface area contributed by atoms with E-state index in [9.17, 15) is 4.79 Å². The van der Waals surface area contributed by atoms with Crippen LogP contribution in [0.25, 0.3) is 0 Å². The lowest BCUT2D eigenvalue weighted by Crippen LogP contribution is -2.37. The van der Waals surface area contributed by atoms with Gasteiger partial charge in [-0.25, -0.2) is 0 Å². The summed E-state index contributed by atoms with van der Waals surface area (Å²) in [4.78, 5) is 14.2. The summed E-state index contributed by atoms with van der Waals surface area (Å²) in [7, 11) is 2.19. The van der Waals surface area contributed by atoms with Gasteiger partial charge in [0.05, 0.1) is 0 Å². The maximum Gasteiger partial charge on any atom is 0.220 e. The second kappa shape index (κ2) is 7.85. The van der Waals surface area contributed by atoms with Crippen LogP contribution in [0.5, 0.6) is 0 Å². The van der Waals surface area contributed by atoms with Gasteiger partial charge in [0.2, 0.25) is 5.91 Å². The third-order valence-corrected chi connectivity index (χ3v) is 4.68. The van der Waals surface area contributed by atoms with E-state index in [1.54, 1.807) is 0 Å². The Morgan fingerprint density at radius 1 is 1.32 bits per heavy atom. The van der Waals surface area contributed by atoms with E-state index in [4.69, 9.17) is 0 Å². The first-order valence-electron chi connectivity index (χ1n) is 7.93. The van der Waals surface area contributed by atoms with Crippen molar-refractivity contribution < 1.29 is 4.79 Å². The summed E-state index contributed by atoms with van der Waals surface area (Å²) < 4.78 is 0. The van der Waals surface area contributed by atoms with Crippen LogP contribution < -0.4 is 10.6 Å². The van der Waals surface area contributed by atoms with Crippen LogP contribution in [0.4, 0.5) is 0 Å². The molecule has 2 aliphatic rings. The number of hydrogen-bond donors (Lipinski definition) is 2. The molecule has 0 spiro atoms. The van der Waals surface area contributed by atoms with Crippen LogP contribution in [-0.2, 0) is 4.79 Å². The van der Waals surface area contributed by atoms with Crippen molar-refractivity contribution in [3.05, 3.63) is 0 Å². The highest BCUT2D eigenvalue weighted by Crippen LogP contribution is 2.21. The number of hydrogen-bond acceptors (Lipinski definition) is 3. The molecule has 1 aliphatic carbocycles. The Hall–Kier alpha value is -0.610. The average molecular weight is 267 g/mol. The highest BCUT2D eigenvalue weighted by Gasteiger charge is 2.19. The Kier molecular flexibility index (Phi) is 6.11. The minimum atomic E-state index is 0.228. The molecule has 2 N–H and O–H groups in total. The predicted molar refractivity (Wildman–Crippen MR) is 78.1 cm³/mol. The first kappa shape index (κ1) is 14.8. The number of amides is 1. The van der Waals surface area contributed by atoms with E-state index < -0.39 is 0 Å². The second-order valence-corrected chi connectivity index (χ2v) is 6.17. The van der Waals surface area contributed by atoms with Crippen LogP contribution in [0.2, 0.25) is 0 Å². The van der Waals surface area contributed by atoms with Gasteiger partial charge < -0.3 is 15.5 Å². The maximum atomic E-state index is 11.8. The van der Waals surface area contributed by atoms with Gasteiger partial charge in [0.15, 0.2) is 0 Å². The highest BCUT2D eigenvalue weighted by atomic mass is 16.1. The first-order valence-corrected chi connectivity index (χ1v) is 7.93. The SMILES string of the molecule is CN(CCNC(=O)CCC1CCNC1)C1CCCC1. The normalized spacial score (nSPS) is 24.2. The monoisotopic (exact) mass is 267 g/mol. The van der Waals surface area contributed by atoms with Crippen LogP contribution in [-0.4, -0.2) is 50.1 Å². The van der Waals surface area contributed by atoms with Crippen molar-refractivity contribution in [2.24, 2.45) is 5.92 Å². The summed E-state index contributed by atoms with van der Waals surface area (Å²) >= 11 is 0. The van der Waals surface area contributed by atoms with E-state index in [0.717, 1.165) is 38.6 Å². The minimum absolute atomic E-state index is 0.228. The summed E-state index contributed by atoms with van der Waals surface area (Å²) in [5.74, 6) is 0.943. The molecule has 110 valence electrons. The first-order chi connectivity index (χ1) is 9.25. The zero-order valence-electron chi connectivity index (χ0n) is 12.3. The van der Waals surface area contributed by atoms with Gasteiger partial charge in [-0.15, -0.1) is 0 Å². The minimum Gasteiger partial charge on any atom is -0.355 e. The van der Waals surface area contributed by atoms with Gasteiger partial charge >= 0.3 is 0 Å². The fraction of sp³-hybridized carbons (Fsp3) is 0.933. The predicted octanol–water partition coefficient (Wildman–Crippen LogP) is 1.37. The molecule has 0 aromatic rings. The van der Waals surface area contributed by atoms with Crippen molar-refractivity contribution in [3.8, 4) is 0 Å². The Labute approximate surface area is 117 Å². The molecule has 1 saturated heterocycles. The Morgan fingerprint density at radius 3 is 2.79 bits per heavy atom. The van der Waals surface area contributed by atoms with E-state index in [1.165, 1.54) is 32.1 Å². The number of carbonyl (C=O) groups is 1. The van der Waals surface area contributed by atoms with Crippen LogP contribution in [0, 0.1) is 5.92 Å². The van der Waals surface area contributed by atoms with E-state index in [1.807, 2.05) is 0 Å². The number of nitrogens with zero attached hydrogens (tertiary/aromatic N) is 1. The Balaban J connectivity index is 1.50. The van der Waals surface area contributed by atoms with E-state index in [-0.39, 0.29) is 5.91 Å². The molecule has 1 saturated carbocycles. The lowest BCUT2D eigenvalue weighted by molar-refractivity contribution is -0.121. The van der Waals surface area contributed by atoms with Crippen LogP contribution in [0.15, 0.2) is 0 Å². The molecule has 1 amide bonds. The molecule has 1 heterocycles. The van der Waals surface area contributed by atoms with E-state index in [2.05, 4.69) is 22.6 Å². The van der Waals surface area contributed by atoms with Crippen molar-refractivity contribution in [2.45, 2.75) is 51.0 Å². The Bertz CT molecular complexity index is 271.